The van der Waals surface area contributed by atoms with Gasteiger partial charge in [0, 0.05) is 27.7 Å². The first-order valence-corrected chi connectivity index (χ1v) is 6.18. The van der Waals surface area contributed by atoms with E-state index in [-0.39, 0.29) is 11.5 Å². The van der Waals surface area contributed by atoms with Gasteiger partial charge in [0.05, 0.1) is 18.0 Å². The highest BCUT2D eigenvalue weighted by atomic mass is 16.5. The lowest BCUT2D eigenvalue weighted by atomic mass is 10.1. The van der Waals surface area contributed by atoms with Gasteiger partial charge in [-0.3, -0.25) is 9.78 Å². The van der Waals surface area contributed by atoms with Crippen molar-refractivity contribution in [3.63, 3.8) is 0 Å². The van der Waals surface area contributed by atoms with Gasteiger partial charge in [0.25, 0.3) is 5.91 Å². The third kappa shape index (κ3) is 4.82. The van der Waals surface area contributed by atoms with Crippen molar-refractivity contribution < 1.29 is 9.53 Å². The van der Waals surface area contributed by atoms with Crippen LogP contribution in [0.15, 0.2) is 12.4 Å². The second kappa shape index (κ2) is 6.47. The molecule has 106 valence electrons. The van der Waals surface area contributed by atoms with Gasteiger partial charge >= 0.3 is 0 Å². The van der Waals surface area contributed by atoms with Crippen LogP contribution in [-0.4, -0.2) is 54.1 Å². The summed E-state index contributed by atoms with van der Waals surface area (Å²) in [4.78, 5) is 21.5. The Morgan fingerprint density at radius 3 is 2.68 bits per heavy atom. The lowest BCUT2D eigenvalue weighted by Crippen LogP contribution is -2.26. The standard InChI is InChI=1S/C13H22N4O2/c1-13(2,19-5)6-7-15-11-9-14-8-10(16-11)12(18)17(3)4/h8-9H,6-7H2,1-5H3,(H,15,16). The number of hydrogen-bond donors (Lipinski definition) is 1. The van der Waals surface area contributed by atoms with Crippen molar-refractivity contribution in [1.82, 2.24) is 14.9 Å². The minimum Gasteiger partial charge on any atom is -0.379 e. The molecule has 0 fully saturated rings. The lowest BCUT2D eigenvalue weighted by Gasteiger charge is -2.22. The topological polar surface area (TPSA) is 67.3 Å². The zero-order valence-electron chi connectivity index (χ0n) is 12.2. The van der Waals surface area contributed by atoms with Crippen molar-refractivity contribution in [2.45, 2.75) is 25.9 Å². The van der Waals surface area contributed by atoms with E-state index >= 15 is 0 Å². The van der Waals surface area contributed by atoms with Crippen molar-refractivity contribution >= 4 is 11.7 Å². The average molecular weight is 266 g/mol. The lowest BCUT2D eigenvalue weighted by molar-refractivity contribution is 0.0184. The molecule has 1 heterocycles. The molecule has 6 heteroatoms. The molecule has 0 aliphatic rings. The highest BCUT2D eigenvalue weighted by molar-refractivity contribution is 5.91. The highest BCUT2D eigenvalue weighted by Crippen LogP contribution is 2.13. The van der Waals surface area contributed by atoms with Crippen LogP contribution < -0.4 is 5.32 Å². The molecule has 6 nitrogen and oxygen atoms in total. The fourth-order valence-corrected chi connectivity index (χ4v) is 1.38. The van der Waals surface area contributed by atoms with E-state index in [1.165, 1.54) is 11.1 Å². The number of carbonyl (C=O) groups is 1. The Hall–Kier alpha value is -1.69. The predicted octanol–water partition coefficient (Wildman–Crippen LogP) is 1.41. The SMILES string of the molecule is COC(C)(C)CCNc1cncc(C(=O)N(C)C)n1. The first-order valence-electron chi connectivity index (χ1n) is 6.18. The molecule has 1 aromatic heterocycles. The Bertz CT molecular complexity index is 432. The van der Waals surface area contributed by atoms with Gasteiger partial charge < -0.3 is 15.0 Å². The van der Waals surface area contributed by atoms with E-state index in [0.717, 1.165) is 6.42 Å². The van der Waals surface area contributed by atoms with E-state index in [1.807, 2.05) is 13.8 Å². The molecular formula is C13H22N4O2. The summed E-state index contributed by atoms with van der Waals surface area (Å²) in [5.74, 6) is 0.438. The summed E-state index contributed by atoms with van der Waals surface area (Å²) >= 11 is 0. The van der Waals surface area contributed by atoms with Crippen molar-refractivity contribution in [1.29, 1.82) is 0 Å². The second-order valence-corrected chi connectivity index (χ2v) is 5.13. The molecule has 0 radical (unpaired) electrons. The van der Waals surface area contributed by atoms with Crippen molar-refractivity contribution in [2.24, 2.45) is 0 Å². The maximum atomic E-state index is 11.8. The maximum Gasteiger partial charge on any atom is 0.273 e. The van der Waals surface area contributed by atoms with Crippen LogP contribution in [0.5, 0.6) is 0 Å². The Labute approximate surface area is 114 Å². The first-order chi connectivity index (χ1) is 8.85. The molecule has 1 rings (SSSR count). The first kappa shape index (κ1) is 15.4. The molecule has 0 aliphatic heterocycles. The minimum absolute atomic E-state index is 0.159. The van der Waals surface area contributed by atoms with Gasteiger partial charge in [-0.2, -0.15) is 0 Å². The Morgan fingerprint density at radius 2 is 2.11 bits per heavy atom. The maximum absolute atomic E-state index is 11.8. The summed E-state index contributed by atoms with van der Waals surface area (Å²) in [6, 6.07) is 0. The van der Waals surface area contributed by atoms with Gasteiger partial charge in [-0.1, -0.05) is 0 Å². The second-order valence-electron chi connectivity index (χ2n) is 5.13. The van der Waals surface area contributed by atoms with Gasteiger partial charge in [0.1, 0.15) is 11.5 Å². The van der Waals surface area contributed by atoms with Crippen LogP contribution in [0.4, 0.5) is 5.82 Å². The van der Waals surface area contributed by atoms with Crippen LogP contribution in [0.3, 0.4) is 0 Å². The summed E-state index contributed by atoms with van der Waals surface area (Å²) in [6.45, 7) is 4.74. The van der Waals surface area contributed by atoms with E-state index in [0.29, 0.717) is 18.1 Å². The van der Waals surface area contributed by atoms with E-state index in [9.17, 15) is 4.79 Å². The molecule has 0 aliphatic carbocycles. The largest absolute Gasteiger partial charge is 0.379 e. The summed E-state index contributed by atoms with van der Waals surface area (Å²) in [6.07, 6.45) is 3.90. The van der Waals surface area contributed by atoms with E-state index < -0.39 is 0 Å². The molecule has 0 aromatic carbocycles. The monoisotopic (exact) mass is 266 g/mol. The van der Waals surface area contributed by atoms with Gasteiger partial charge in [0.2, 0.25) is 0 Å². The van der Waals surface area contributed by atoms with Crippen LogP contribution >= 0.6 is 0 Å². The molecule has 0 saturated heterocycles. The average Bonchev–Trinajstić information content (AvgIpc) is 2.38. The number of nitrogens with one attached hydrogen (secondary N) is 1. The summed E-state index contributed by atoms with van der Waals surface area (Å²) in [7, 11) is 5.06. The predicted molar refractivity (Wildman–Crippen MR) is 74.2 cm³/mol. The van der Waals surface area contributed by atoms with Gasteiger partial charge in [0.15, 0.2) is 0 Å². The van der Waals surface area contributed by atoms with Gasteiger partial charge in [-0.05, 0) is 20.3 Å². The normalized spacial score (nSPS) is 11.2. The Balaban J connectivity index is 2.61. The molecule has 1 aromatic rings. The molecule has 0 saturated carbocycles. The van der Waals surface area contributed by atoms with Crippen LogP contribution in [0, 0.1) is 0 Å². The van der Waals surface area contributed by atoms with Crippen LogP contribution in [0.2, 0.25) is 0 Å². The number of nitrogens with zero attached hydrogens (tertiary/aromatic N) is 3. The van der Waals surface area contributed by atoms with Crippen molar-refractivity contribution in [2.75, 3.05) is 33.1 Å². The summed E-state index contributed by atoms with van der Waals surface area (Å²) < 4.78 is 5.33. The van der Waals surface area contributed by atoms with Crippen molar-refractivity contribution in [3.05, 3.63) is 18.1 Å². The number of amides is 1. The third-order valence-corrected chi connectivity index (χ3v) is 2.85. The fraction of sp³-hybridized carbons (Fsp3) is 0.615. The third-order valence-electron chi connectivity index (χ3n) is 2.85. The molecule has 19 heavy (non-hydrogen) atoms. The molecule has 1 N–H and O–H groups in total. The minimum atomic E-state index is -0.183. The zero-order chi connectivity index (χ0) is 14.5. The van der Waals surface area contributed by atoms with E-state index in [4.69, 9.17) is 4.74 Å². The number of methoxy groups -OCH3 is 1. The van der Waals surface area contributed by atoms with E-state index in [2.05, 4.69) is 15.3 Å². The Kier molecular flexibility index (Phi) is 5.23. The smallest absolute Gasteiger partial charge is 0.273 e. The molecule has 0 atom stereocenters. The fourth-order valence-electron chi connectivity index (χ4n) is 1.38. The number of anilines is 1. The van der Waals surface area contributed by atoms with E-state index in [1.54, 1.807) is 27.4 Å². The number of carbonyl (C=O) groups excluding carboxylic acids is 1. The number of hydrogen-bond acceptors (Lipinski definition) is 5. The van der Waals surface area contributed by atoms with Crippen LogP contribution in [-0.2, 0) is 4.74 Å². The Morgan fingerprint density at radius 1 is 1.42 bits per heavy atom. The van der Waals surface area contributed by atoms with Crippen LogP contribution in [0.1, 0.15) is 30.8 Å². The molecule has 0 bridgehead atoms. The summed E-state index contributed by atoms with van der Waals surface area (Å²) in [5, 5.41) is 3.14. The van der Waals surface area contributed by atoms with Gasteiger partial charge in [-0.25, -0.2) is 4.98 Å². The van der Waals surface area contributed by atoms with Crippen LogP contribution in [0.25, 0.3) is 0 Å². The number of aromatic nitrogens is 2. The molecule has 0 unspecified atom stereocenters. The quantitative estimate of drug-likeness (QED) is 0.843. The molecule has 1 amide bonds. The number of rotatable bonds is 6. The van der Waals surface area contributed by atoms with Crippen molar-refractivity contribution in [3.8, 4) is 0 Å². The highest BCUT2D eigenvalue weighted by Gasteiger charge is 2.16. The number of ether oxygens (including phenoxy) is 1. The summed E-state index contributed by atoms with van der Waals surface area (Å²) in [5.41, 5.74) is 0.151. The molecular weight excluding hydrogens is 244 g/mol. The molecule has 0 spiro atoms. The zero-order valence-corrected chi connectivity index (χ0v) is 12.2. The van der Waals surface area contributed by atoms with Gasteiger partial charge in [-0.15, -0.1) is 0 Å².